The lowest BCUT2D eigenvalue weighted by Crippen LogP contribution is -2.49. The second-order valence-corrected chi connectivity index (χ2v) is 5.61. The first-order valence-corrected chi connectivity index (χ1v) is 7.61. The van der Waals surface area contributed by atoms with Gasteiger partial charge in [0.15, 0.2) is 0 Å². The third kappa shape index (κ3) is 3.17. The number of anilines is 1. The van der Waals surface area contributed by atoms with Gasteiger partial charge in [0.2, 0.25) is 0 Å². The number of pyridine rings is 2. The number of carbonyl (C=O) groups excluding carboxylic acids is 1. The van der Waals surface area contributed by atoms with Gasteiger partial charge in [-0.2, -0.15) is 0 Å². The topological polar surface area (TPSA) is 92.5 Å². The summed E-state index contributed by atoms with van der Waals surface area (Å²) in [4.78, 5) is 34.8. The molecule has 0 atom stereocenters. The Morgan fingerprint density at radius 3 is 2.58 bits per heavy atom. The summed E-state index contributed by atoms with van der Waals surface area (Å²) in [5, 5.41) is 10.8. The van der Waals surface area contributed by atoms with E-state index in [0.29, 0.717) is 31.7 Å². The van der Waals surface area contributed by atoms with Gasteiger partial charge in [0, 0.05) is 44.6 Å². The van der Waals surface area contributed by atoms with Crippen LogP contribution in [0.2, 0.25) is 0 Å². The van der Waals surface area contributed by atoms with Crippen LogP contribution in [0.25, 0.3) is 0 Å². The zero-order valence-corrected chi connectivity index (χ0v) is 13.3. The Bertz CT molecular complexity index is 758. The van der Waals surface area contributed by atoms with Crippen LogP contribution >= 0.6 is 0 Å². The molecule has 0 spiro atoms. The van der Waals surface area contributed by atoms with Crippen LogP contribution in [-0.4, -0.2) is 51.9 Å². The van der Waals surface area contributed by atoms with E-state index in [1.807, 2.05) is 11.8 Å². The average molecular weight is 327 g/mol. The van der Waals surface area contributed by atoms with E-state index in [0.717, 1.165) is 11.4 Å². The van der Waals surface area contributed by atoms with E-state index in [9.17, 15) is 14.9 Å². The number of aromatic nitrogens is 2. The molecule has 0 N–H and O–H groups in total. The highest BCUT2D eigenvalue weighted by atomic mass is 16.6. The van der Waals surface area contributed by atoms with Crippen LogP contribution in [0, 0.1) is 17.0 Å². The van der Waals surface area contributed by atoms with Crippen molar-refractivity contribution in [1.29, 1.82) is 0 Å². The number of hydrogen-bond acceptors (Lipinski definition) is 6. The lowest BCUT2D eigenvalue weighted by molar-refractivity contribution is -0.385. The van der Waals surface area contributed by atoms with Gasteiger partial charge in [-0.3, -0.25) is 19.9 Å². The first kappa shape index (κ1) is 15.9. The SMILES string of the molecule is Cc1cc([N+](=O)[O-])cnc1N1CCN(C(=O)c2cccnc2)CC1. The Morgan fingerprint density at radius 2 is 2.00 bits per heavy atom. The molecule has 1 amide bonds. The smallest absolute Gasteiger partial charge is 0.287 e. The summed E-state index contributed by atoms with van der Waals surface area (Å²) in [7, 11) is 0. The molecule has 8 nitrogen and oxygen atoms in total. The molecule has 1 saturated heterocycles. The highest BCUT2D eigenvalue weighted by Crippen LogP contribution is 2.23. The molecule has 0 saturated carbocycles. The fraction of sp³-hybridized carbons (Fsp3) is 0.312. The summed E-state index contributed by atoms with van der Waals surface area (Å²) < 4.78 is 0. The molecule has 3 heterocycles. The number of amides is 1. The van der Waals surface area contributed by atoms with Gasteiger partial charge < -0.3 is 9.80 Å². The predicted octanol–water partition coefficient (Wildman–Crippen LogP) is 1.66. The minimum Gasteiger partial charge on any atom is -0.353 e. The van der Waals surface area contributed by atoms with Gasteiger partial charge in [0.05, 0.1) is 10.5 Å². The highest BCUT2D eigenvalue weighted by Gasteiger charge is 2.24. The largest absolute Gasteiger partial charge is 0.353 e. The van der Waals surface area contributed by atoms with Crippen molar-refractivity contribution in [2.45, 2.75) is 6.92 Å². The normalized spacial score (nSPS) is 14.5. The maximum Gasteiger partial charge on any atom is 0.287 e. The van der Waals surface area contributed by atoms with Crippen LogP contribution in [0.4, 0.5) is 11.5 Å². The van der Waals surface area contributed by atoms with Crippen LogP contribution in [0.15, 0.2) is 36.8 Å². The van der Waals surface area contributed by atoms with E-state index >= 15 is 0 Å². The molecule has 0 aliphatic carbocycles. The van der Waals surface area contributed by atoms with E-state index in [1.165, 1.54) is 12.3 Å². The molecule has 2 aromatic rings. The van der Waals surface area contributed by atoms with Gasteiger partial charge in [-0.05, 0) is 24.6 Å². The molecule has 8 heteroatoms. The van der Waals surface area contributed by atoms with Crippen molar-refractivity contribution < 1.29 is 9.72 Å². The monoisotopic (exact) mass is 327 g/mol. The molecule has 124 valence electrons. The summed E-state index contributed by atoms with van der Waals surface area (Å²) in [6, 6.07) is 5.02. The van der Waals surface area contributed by atoms with Crippen molar-refractivity contribution in [2.24, 2.45) is 0 Å². The first-order valence-electron chi connectivity index (χ1n) is 7.61. The average Bonchev–Trinajstić information content (AvgIpc) is 2.62. The molecular formula is C16H17N5O3. The minimum atomic E-state index is -0.450. The maximum absolute atomic E-state index is 12.4. The van der Waals surface area contributed by atoms with Crippen molar-refractivity contribution in [3.8, 4) is 0 Å². The second-order valence-electron chi connectivity index (χ2n) is 5.61. The molecule has 24 heavy (non-hydrogen) atoms. The van der Waals surface area contributed by atoms with E-state index < -0.39 is 4.92 Å². The van der Waals surface area contributed by atoms with E-state index in [-0.39, 0.29) is 11.6 Å². The molecule has 3 rings (SSSR count). The number of hydrogen-bond donors (Lipinski definition) is 0. The van der Waals surface area contributed by atoms with Crippen molar-refractivity contribution in [3.05, 3.63) is 58.0 Å². The molecule has 0 radical (unpaired) electrons. The fourth-order valence-corrected chi connectivity index (χ4v) is 2.78. The summed E-state index contributed by atoms with van der Waals surface area (Å²) in [5.74, 6) is 0.699. The third-order valence-corrected chi connectivity index (χ3v) is 4.02. The Labute approximate surface area is 138 Å². The molecule has 1 fully saturated rings. The Balaban J connectivity index is 1.67. The number of rotatable bonds is 3. The van der Waals surface area contributed by atoms with Crippen LogP contribution in [0.3, 0.4) is 0 Å². The zero-order valence-electron chi connectivity index (χ0n) is 13.3. The minimum absolute atomic E-state index is 0.0124. The lowest BCUT2D eigenvalue weighted by Gasteiger charge is -2.36. The number of carbonyl (C=O) groups is 1. The van der Waals surface area contributed by atoms with Crippen molar-refractivity contribution in [3.63, 3.8) is 0 Å². The summed E-state index contributed by atoms with van der Waals surface area (Å²) >= 11 is 0. The van der Waals surface area contributed by atoms with Crippen molar-refractivity contribution in [1.82, 2.24) is 14.9 Å². The molecule has 1 aliphatic rings. The molecular weight excluding hydrogens is 310 g/mol. The summed E-state index contributed by atoms with van der Waals surface area (Å²) in [6.45, 7) is 4.23. The Kier molecular flexibility index (Phi) is 4.37. The number of nitrogens with zero attached hydrogens (tertiary/aromatic N) is 5. The van der Waals surface area contributed by atoms with Crippen LogP contribution in [-0.2, 0) is 0 Å². The quantitative estimate of drug-likeness (QED) is 0.629. The van der Waals surface area contributed by atoms with E-state index in [4.69, 9.17) is 0 Å². The van der Waals surface area contributed by atoms with Gasteiger partial charge >= 0.3 is 0 Å². The van der Waals surface area contributed by atoms with E-state index in [2.05, 4.69) is 9.97 Å². The van der Waals surface area contributed by atoms with Gasteiger partial charge in [0.1, 0.15) is 12.0 Å². The molecule has 0 unspecified atom stereocenters. The van der Waals surface area contributed by atoms with Crippen LogP contribution in [0.5, 0.6) is 0 Å². The van der Waals surface area contributed by atoms with Gasteiger partial charge in [-0.1, -0.05) is 0 Å². The summed E-state index contributed by atoms with van der Waals surface area (Å²) in [6.07, 6.45) is 4.48. The van der Waals surface area contributed by atoms with Gasteiger partial charge in [-0.25, -0.2) is 4.98 Å². The van der Waals surface area contributed by atoms with Crippen LogP contribution < -0.4 is 4.90 Å². The number of nitro groups is 1. The summed E-state index contributed by atoms with van der Waals surface area (Å²) in [5.41, 5.74) is 1.33. The molecule has 0 bridgehead atoms. The van der Waals surface area contributed by atoms with E-state index in [1.54, 1.807) is 29.4 Å². The van der Waals surface area contributed by atoms with Crippen LogP contribution in [0.1, 0.15) is 15.9 Å². The molecule has 2 aromatic heterocycles. The maximum atomic E-state index is 12.4. The standard InChI is InChI=1S/C16H17N5O3/c1-12-9-14(21(23)24)11-18-15(12)19-5-7-20(8-6-19)16(22)13-3-2-4-17-10-13/h2-4,9-11H,5-8H2,1H3. The van der Waals surface area contributed by atoms with Gasteiger partial charge in [0.25, 0.3) is 11.6 Å². The van der Waals surface area contributed by atoms with Crippen molar-refractivity contribution in [2.75, 3.05) is 31.1 Å². The molecule has 1 aliphatic heterocycles. The second kappa shape index (κ2) is 6.61. The fourth-order valence-electron chi connectivity index (χ4n) is 2.78. The lowest BCUT2D eigenvalue weighted by atomic mass is 10.2. The zero-order chi connectivity index (χ0) is 17.1. The number of piperazine rings is 1. The first-order chi connectivity index (χ1) is 11.6. The van der Waals surface area contributed by atoms with Gasteiger partial charge in [-0.15, -0.1) is 0 Å². The van der Waals surface area contributed by atoms with Crippen molar-refractivity contribution >= 4 is 17.4 Å². The number of aryl methyl sites for hydroxylation is 1. The Morgan fingerprint density at radius 1 is 1.25 bits per heavy atom. The Hall–Kier alpha value is -3.03. The highest BCUT2D eigenvalue weighted by molar-refractivity contribution is 5.94. The molecule has 0 aromatic carbocycles. The third-order valence-electron chi connectivity index (χ3n) is 4.02. The predicted molar refractivity (Wildman–Crippen MR) is 88.0 cm³/mol.